The number of carbonyl (C=O) groups is 2. The van der Waals surface area contributed by atoms with Crippen molar-refractivity contribution in [1.82, 2.24) is 0 Å². The summed E-state index contributed by atoms with van der Waals surface area (Å²) in [6.45, 7) is 3.97. The fourth-order valence-corrected chi connectivity index (χ4v) is 5.64. The van der Waals surface area contributed by atoms with Crippen LogP contribution >= 0.6 is 0 Å². The summed E-state index contributed by atoms with van der Waals surface area (Å²) in [5.74, 6) is -0.688. The summed E-state index contributed by atoms with van der Waals surface area (Å²) in [4.78, 5) is 24.3. The number of hydrogen-bond donors (Lipinski definition) is 1. The predicted octanol–water partition coefficient (Wildman–Crippen LogP) is 13.3. The van der Waals surface area contributed by atoms with Crippen LogP contribution in [0.2, 0.25) is 0 Å². The molecule has 0 aromatic heterocycles. The Kier molecular flexibility index (Phi) is 39.6. The van der Waals surface area contributed by atoms with E-state index in [0.29, 0.717) is 12.8 Å². The van der Waals surface area contributed by atoms with E-state index < -0.39 is 12.1 Å². The highest BCUT2D eigenvalue weighted by molar-refractivity contribution is 5.70. The Balaban J connectivity index is 3.66. The van der Waals surface area contributed by atoms with Gasteiger partial charge < -0.3 is 14.6 Å². The van der Waals surface area contributed by atoms with Crippen molar-refractivity contribution in [3.8, 4) is 0 Å². The number of allylic oxidation sites excluding steroid dienone is 12. The van der Waals surface area contributed by atoms with Gasteiger partial charge in [0.2, 0.25) is 0 Å². The number of aliphatic hydroxyl groups excluding tert-OH is 1. The Labute approximate surface area is 314 Å². The minimum absolute atomic E-state index is 0.0972. The van der Waals surface area contributed by atoms with Gasteiger partial charge in [0.15, 0.2) is 6.10 Å². The van der Waals surface area contributed by atoms with E-state index in [1.165, 1.54) is 96.3 Å². The third-order valence-corrected chi connectivity index (χ3v) is 8.78. The Morgan fingerprint density at radius 2 is 0.843 bits per heavy atom. The number of aliphatic hydroxyl groups is 1. The van der Waals surface area contributed by atoms with Gasteiger partial charge in [0.05, 0.1) is 6.61 Å². The van der Waals surface area contributed by atoms with Gasteiger partial charge in [-0.1, -0.05) is 196 Å². The van der Waals surface area contributed by atoms with Crippen molar-refractivity contribution in [2.75, 3.05) is 13.2 Å². The fourth-order valence-electron chi connectivity index (χ4n) is 5.64. The van der Waals surface area contributed by atoms with Gasteiger partial charge in [-0.25, -0.2) is 0 Å². The maximum absolute atomic E-state index is 12.2. The fraction of sp³-hybridized carbons (Fsp3) is 0.696. The van der Waals surface area contributed by atoms with E-state index in [9.17, 15) is 14.7 Å². The van der Waals surface area contributed by atoms with Crippen LogP contribution in [0.4, 0.5) is 0 Å². The first-order chi connectivity index (χ1) is 25.1. The second-order valence-electron chi connectivity index (χ2n) is 13.7. The van der Waals surface area contributed by atoms with Crippen molar-refractivity contribution in [2.24, 2.45) is 0 Å². The lowest BCUT2D eigenvalue weighted by Gasteiger charge is -2.15. The number of esters is 2. The second-order valence-corrected chi connectivity index (χ2v) is 13.7. The van der Waals surface area contributed by atoms with Crippen LogP contribution in [0.3, 0.4) is 0 Å². The Morgan fingerprint density at radius 1 is 0.471 bits per heavy atom. The number of unbranched alkanes of at least 4 members (excludes halogenated alkanes) is 17. The quantitative estimate of drug-likeness (QED) is 0.0395. The summed E-state index contributed by atoms with van der Waals surface area (Å²) >= 11 is 0. The minimum atomic E-state index is -0.813. The number of hydrogen-bond acceptors (Lipinski definition) is 5. The van der Waals surface area contributed by atoms with Gasteiger partial charge in [-0.15, -0.1) is 0 Å². The molecule has 292 valence electrons. The van der Waals surface area contributed by atoms with Crippen molar-refractivity contribution >= 4 is 11.9 Å². The molecule has 1 N–H and O–H groups in total. The summed E-state index contributed by atoms with van der Waals surface area (Å²) in [5.41, 5.74) is 0. The molecule has 0 amide bonds. The average Bonchev–Trinajstić information content (AvgIpc) is 3.13. The molecular formula is C46H78O5. The van der Waals surface area contributed by atoms with Crippen LogP contribution in [0.1, 0.15) is 187 Å². The highest BCUT2D eigenvalue weighted by atomic mass is 16.6. The molecule has 1 atom stereocenters. The van der Waals surface area contributed by atoms with Crippen LogP contribution < -0.4 is 0 Å². The van der Waals surface area contributed by atoms with E-state index in [4.69, 9.17) is 9.47 Å². The zero-order chi connectivity index (χ0) is 37.1. The molecule has 0 aromatic rings. The normalized spacial score (nSPS) is 12.9. The van der Waals surface area contributed by atoms with Crippen LogP contribution in [-0.4, -0.2) is 36.4 Å². The van der Waals surface area contributed by atoms with E-state index >= 15 is 0 Å². The monoisotopic (exact) mass is 711 g/mol. The van der Waals surface area contributed by atoms with E-state index in [2.05, 4.69) is 74.6 Å². The largest absolute Gasteiger partial charge is 0.462 e. The van der Waals surface area contributed by atoms with Gasteiger partial charge in [0.1, 0.15) is 6.61 Å². The molecule has 0 saturated heterocycles. The van der Waals surface area contributed by atoms with Gasteiger partial charge in [0, 0.05) is 12.8 Å². The Bertz CT molecular complexity index is 941. The Morgan fingerprint density at radius 3 is 1.24 bits per heavy atom. The van der Waals surface area contributed by atoms with E-state index in [-0.39, 0.29) is 25.6 Å². The lowest BCUT2D eigenvalue weighted by Crippen LogP contribution is -2.28. The van der Waals surface area contributed by atoms with Crippen LogP contribution in [0, 0.1) is 0 Å². The molecule has 0 aliphatic carbocycles. The zero-order valence-electron chi connectivity index (χ0n) is 33.1. The van der Waals surface area contributed by atoms with Crippen molar-refractivity contribution in [2.45, 2.75) is 193 Å². The van der Waals surface area contributed by atoms with Gasteiger partial charge >= 0.3 is 11.9 Å². The average molecular weight is 711 g/mol. The van der Waals surface area contributed by atoms with Crippen LogP contribution in [0.15, 0.2) is 72.9 Å². The number of carbonyl (C=O) groups excluding carboxylic acids is 2. The molecule has 0 saturated carbocycles. The van der Waals surface area contributed by atoms with Crippen LogP contribution in [0.5, 0.6) is 0 Å². The molecule has 0 aliphatic rings. The van der Waals surface area contributed by atoms with Gasteiger partial charge in [-0.05, 0) is 51.4 Å². The van der Waals surface area contributed by atoms with Crippen molar-refractivity contribution in [3.05, 3.63) is 72.9 Å². The minimum Gasteiger partial charge on any atom is -0.462 e. The van der Waals surface area contributed by atoms with Crippen LogP contribution in [0.25, 0.3) is 0 Å². The highest BCUT2D eigenvalue weighted by Gasteiger charge is 2.15. The third kappa shape index (κ3) is 40.0. The molecular weight excluding hydrogens is 633 g/mol. The molecule has 5 heteroatoms. The molecule has 0 spiro atoms. The molecule has 0 heterocycles. The van der Waals surface area contributed by atoms with E-state index in [1.54, 1.807) is 0 Å². The molecule has 0 bridgehead atoms. The lowest BCUT2D eigenvalue weighted by molar-refractivity contribution is -0.161. The molecule has 0 rings (SSSR count). The second kappa shape index (κ2) is 41.8. The maximum atomic E-state index is 12.2. The summed E-state index contributed by atoms with van der Waals surface area (Å²) in [6, 6.07) is 0. The smallest absolute Gasteiger partial charge is 0.306 e. The standard InChI is InChI=1S/C46H78O5/c1-3-5-7-9-11-13-15-17-19-21-23-25-27-29-31-33-35-37-39-41-46(49)51-44(42-47)43-50-45(48)40-38-36-34-32-30-28-26-24-22-20-18-16-14-12-10-8-6-4-2/h5,7,11,13,17,19,23,25,29,31,35,37,44,47H,3-4,6,8-10,12,14-16,18,20-22,24,26-28,30,32-34,36,38-43H2,1-2H3/b7-5+,13-11+,19-17+,25-23+,31-29+,37-35+/t44-/m0/s1. The SMILES string of the molecule is CC/C=C/C/C=C/C/C=C/C/C=C/C/C=C/C/C=C/CCC(=O)O[C@@H](CO)COC(=O)CCCCCCCCCCCCCCCCCCCC. The van der Waals surface area contributed by atoms with Crippen LogP contribution in [-0.2, 0) is 19.1 Å². The van der Waals surface area contributed by atoms with Gasteiger partial charge in [-0.3, -0.25) is 9.59 Å². The first kappa shape index (κ1) is 48.3. The molecule has 51 heavy (non-hydrogen) atoms. The van der Waals surface area contributed by atoms with E-state index in [0.717, 1.165) is 57.8 Å². The lowest BCUT2D eigenvalue weighted by atomic mass is 10.0. The van der Waals surface area contributed by atoms with Crippen molar-refractivity contribution in [3.63, 3.8) is 0 Å². The van der Waals surface area contributed by atoms with Gasteiger partial charge in [0.25, 0.3) is 0 Å². The highest BCUT2D eigenvalue weighted by Crippen LogP contribution is 2.15. The summed E-state index contributed by atoms with van der Waals surface area (Å²) in [5, 5.41) is 9.56. The zero-order valence-corrected chi connectivity index (χ0v) is 33.1. The van der Waals surface area contributed by atoms with Crippen molar-refractivity contribution < 1.29 is 24.2 Å². The topological polar surface area (TPSA) is 72.8 Å². The van der Waals surface area contributed by atoms with Gasteiger partial charge in [-0.2, -0.15) is 0 Å². The third-order valence-electron chi connectivity index (χ3n) is 8.78. The molecule has 5 nitrogen and oxygen atoms in total. The number of ether oxygens (including phenoxy) is 2. The predicted molar refractivity (Wildman–Crippen MR) is 219 cm³/mol. The molecule has 0 fully saturated rings. The Hall–Kier alpha value is -2.66. The first-order valence-corrected chi connectivity index (χ1v) is 21.0. The van der Waals surface area contributed by atoms with E-state index in [1.807, 2.05) is 12.2 Å². The van der Waals surface area contributed by atoms with Crippen molar-refractivity contribution in [1.29, 1.82) is 0 Å². The molecule has 0 aromatic carbocycles. The summed E-state index contributed by atoms with van der Waals surface area (Å²) < 4.78 is 10.6. The molecule has 0 unspecified atom stereocenters. The number of rotatable bonds is 37. The first-order valence-electron chi connectivity index (χ1n) is 21.0. The summed E-state index contributed by atoms with van der Waals surface area (Å²) in [6.07, 6.45) is 55.5. The summed E-state index contributed by atoms with van der Waals surface area (Å²) in [7, 11) is 0. The maximum Gasteiger partial charge on any atom is 0.306 e. The molecule has 0 aliphatic heterocycles. The molecule has 0 radical (unpaired) electrons.